The van der Waals surface area contributed by atoms with Gasteiger partial charge in [0.15, 0.2) is 0 Å². The van der Waals surface area contributed by atoms with Crippen LogP contribution in [0, 0.1) is 11.7 Å². The highest BCUT2D eigenvalue weighted by Crippen LogP contribution is 2.38. The molecule has 4 nitrogen and oxygen atoms in total. The topological polar surface area (TPSA) is 42.4 Å². The summed E-state index contributed by atoms with van der Waals surface area (Å²) in [4.78, 5) is 20.3. The van der Waals surface area contributed by atoms with Gasteiger partial charge in [-0.3, -0.25) is 9.78 Å². The number of rotatable bonds is 4. The number of pyridine rings is 1. The normalized spacial score (nSPS) is 21.0. The molecule has 3 aromatic rings. The Morgan fingerprint density at radius 3 is 2.79 bits per heavy atom. The number of amides is 1. The van der Waals surface area contributed by atoms with E-state index in [1.54, 1.807) is 12.1 Å². The number of halogens is 1. The van der Waals surface area contributed by atoms with E-state index in [4.69, 9.17) is 4.74 Å². The van der Waals surface area contributed by atoms with Gasteiger partial charge in [0.25, 0.3) is 0 Å². The average Bonchev–Trinajstić information content (AvgIpc) is 3.10. The van der Waals surface area contributed by atoms with Crippen LogP contribution in [0.15, 0.2) is 60.9 Å². The fourth-order valence-electron chi connectivity index (χ4n) is 5.67. The largest absolute Gasteiger partial charge is 0.381 e. The molecule has 2 fully saturated rings. The molecular weight excluding hydrogens is 415 g/mol. The molecule has 1 aromatic heterocycles. The van der Waals surface area contributed by atoms with Crippen LogP contribution in [-0.2, 0) is 21.4 Å². The second kappa shape index (κ2) is 9.60. The molecule has 0 bridgehead atoms. The molecular formula is C28H31FN2O2. The number of nitrogens with zero attached hydrogens (tertiary/aromatic N) is 2. The van der Waals surface area contributed by atoms with Gasteiger partial charge in [-0.05, 0) is 79.2 Å². The lowest BCUT2D eigenvalue weighted by molar-refractivity contribution is -0.141. The Bertz CT molecular complexity index is 1120. The van der Waals surface area contributed by atoms with Crippen LogP contribution in [0.25, 0.3) is 10.8 Å². The van der Waals surface area contributed by atoms with Crippen LogP contribution in [0.2, 0.25) is 0 Å². The van der Waals surface area contributed by atoms with Crippen molar-refractivity contribution in [3.63, 3.8) is 0 Å². The van der Waals surface area contributed by atoms with Gasteiger partial charge in [0.05, 0.1) is 5.41 Å². The Morgan fingerprint density at radius 1 is 1.09 bits per heavy atom. The van der Waals surface area contributed by atoms with Crippen molar-refractivity contribution in [1.29, 1.82) is 0 Å². The highest BCUT2D eigenvalue weighted by atomic mass is 19.1. The first-order valence-electron chi connectivity index (χ1n) is 12.1. The van der Waals surface area contributed by atoms with E-state index in [0.717, 1.165) is 44.3 Å². The smallest absolute Gasteiger partial charge is 0.233 e. The fourth-order valence-corrected chi connectivity index (χ4v) is 5.67. The molecule has 0 saturated carbocycles. The van der Waals surface area contributed by atoms with Crippen LogP contribution in [-0.4, -0.2) is 42.1 Å². The van der Waals surface area contributed by atoms with Gasteiger partial charge >= 0.3 is 0 Å². The molecule has 2 aromatic carbocycles. The van der Waals surface area contributed by atoms with Gasteiger partial charge in [-0.15, -0.1) is 0 Å². The maximum Gasteiger partial charge on any atom is 0.233 e. The predicted molar refractivity (Wildman–Crippen MR) is 127 cm³/mol. The van der Waals surface area contributed by atoms with Gasteiger partial charge < -0.3 is 9.64 Å². The fraction of sp³-hybridized carbons (Fsp3) is 0.429. The number of benzene rings is 2. The summed E-state index contributed by atoms with van der Waals surface area (Å²) in [7, 11) is 0. The van der Waals surface area contributed by atoms with Crippen LogP contribution in [0.3, 0.4) is 0 Å². The number of fused-ring (bicyclic) bond motifs is 1. The SMILES string of the molecule is O=C(N1CCC[C@@H](Cc2cccc3ccncc23)CC1)C1(c2cccc(F)c2)CCOCC1. The number of hydrogen-bond donors (Lipinski definition) is 0. The van der Waals surface area contributed by atoms with Crippen molar-refractivity contribution in [2.75, 3.05) is 26.3 Å². The summed E-state index contributed by atoms with van der Waals surface area (Å²) in [5.41, 5.74) is 1.45. The molecule has 0 N–H and O–H groups in total. The maximum atomic E-state index is 14.1. The molecule has 33 heavy (non-hydrogen) atoms. The minimum Gasteiger partial charge on any atom is -0.381 e. The van der Waals surface area contributed by atoms with Crippen molar-refractivity contribution >= 4 is 16.7 Å². The van der Waals surface area contributed by atoms with E-state index in [-0.39, 0.29) is 11.7 Å². The second-order valence-corrected chi connectivity index (χ2v) is 9.51. The lowest BCUT2D eigenvalue weighted by Gasteiger charge is -2.40. The molecule has 2 saturated heterocycles. The molecule has 1 amide bonds. The molecule has 0 spiro atoms. The van der Waals surface area contributed by atoms with Gasteiger partial charge in [-0.1, -0.05) is 30.3 Å². The Balaban J connectivity index is 1.33. The van der Waals surface area contributed by atoms with Crippen LogP contribution >= 0.6 is 0 Å². The minimum absolute atomic E-state index is 0.145. The molecule has 0 aliphatic carbocycles. The number of likely N-dealkylation sites (tertiary alicyclic amines) is 1. The predicted octanol–water partition coefficient (Wildman–Crippen LogP) is 5.29. The van der Waals surface area contributed by atoms with Crippen molar-refractivity contribution in [2.24, 2.45) is 5.92 Å². The Kier molecular flexibility index (Phi) is 6.41. The summed E-state index contributed by atoms with van der Waals surface area (Å²) in [5.74, 6) is 0.395. The molecule has 3 heterocycles. The standard InChI is InChI=1S/C28H31FN2O2/c29-25-8-2-7-24(19-25)28(11-16-33-17-12-28)27(32)31-14-3-4-21(10-15-31)18-23-6-1-5-22-9-13-30-20-26(22)23/h1-2,5-9,13,19-21H,3-4,10-12,14-18H2/t21-/m1/s1. The lowest BCUT2D eigenvalue weighted by Crippen LogP contribution is -2.50. The van der Waals surface area contributed by atoms with E-state index < -0.39 is 5.41 Å². The van der Waals surface area contributed by atoms with E-state index in [9.17, 15) is 9.18 Å². The zero-order valence-corrected chi connectivity index (χ0v) is 19.0. The molecule has 1 atom stereocenters. The van der Waals surface area contributed by atoms with Crippen LogP contribution in [0.1, 0.15) is 43.2 Å². The number of hydrogen-bond acceptors (Lipinski definition) is 3. The maximum absolute atomic E-state index is 14.1. The first kappa shape index (κ1) is 22.0. The van der Waals surface area contributed by atoms with Gasteiger partial charge in [-0.2, -0.15) is 0 Å². The van der Waals surface area contributed by atoms with E-state index in [0.29, 0.717) is 32.0 Å². The molecule has 0 unspecified atom stereocenters. The summed E-state index contributed by atoms with van der Waals surface area (Å²) in [6.07, 6.45) is 9.12. The molecule has 5 rings (SSSR count). The number of carbonyl (C=O) groups excluding carboxylic acids is 1. The third-order valence-electron chi connectivity index (χ3n) is 7.55. The number of aromatic nitrogens is 1. The lowest BCUT2D eigenvalue weighted by atomic mass is 9.73. The Hall–Kier alpha value is -2.79. The Labute approximate surface area is 194 Å². The summed E-state index contributed by atoms with van der Waals surface area (Å²) in [6, 6.07) is 15.1. The van der Waals surface area contributed by atoms with E-state index >= 15 is 0 Å². The minimum atomic E-state index is -0.679. The van der Waals surface area contributed by atoms with Crippen molar-refractivity contribution in [1.82, 2.24) is 9.88 Å². The monoisotopic (exact) mass is 446 g/mol. The van der Waals surface area contributed by atoms with E-state index in [1.807, 2.05) is 23.4 Å². The molecule has 172 valence electrons. The summed E-state index contributed by atoms with van der Waals surface area (Å²) >= 11 is 0. The van der Waals surface area contributed by atoms with Gasteiger partial charge in [-0.25, -0.2) is 4.39 Å². The zero-order chi connectivity index (χ0) is 22.7. The van der Waals surface area contributed by atoms with Crippen LogP contribution < -0.4 is 0 Å². The van der Waals surface area contributed by atoms with E-state index in [2.05, 4.69) is 29.2 Å². The van der Waals surface area contributed by atoms with Crippen molar-refractivity contribution in [3.8, 4) is 0 Å². The number of ether oxygens (including phenoxy) is 1. The van der Waals surface area contributed by atoms with Crippen molar-refractivity contribution < 1.29 is 13.9 Å². The number of carbonyl (C=O) groups is 1. The van der Waals surface area contributed by atoms with Crippen LogP contribution in [0.5, 0.6) is 0 Å². The highest BCUT2D eigenvalue weighted by Gasteiger charge is 2.44. The third-order valence-corrected chi connectivity index (χ3v) is 7.55. The van der Waals surface area contributed by atoms with Gasteiger partial charge in [0.1, 0.15) is 5.82 Å². The first-order valence-corrected chi connectivity index (χ1v) is 12.1. The summed E-state index contributed by atoms with van der Waals surface area (Å²) < 4.78 is 19.7. The quantitative estimate of drug-likeness (QED) is 0.547. The molecule has 2 aliphatic rings. The van der Waals surface area contributed by atoms with Gasteiger partial charge in [0.2, 0.25) is 5.91 Å². The second-order valence-electron chi connectivity index (χ2n) is 9.51. The molecule has 5 heteroatoms. The highest BCUT2D eigenvalue weighted by molar-refractivity contribution is 5.88. The zero-order valence-electron chi connectivity index (χ0n) is 19.0. The van der Waals surface area contributed by atoms with Crippen LogP contribution in [0.4, 0.5) is 4.39 Å². The van der Waals surface area contributed by atoms with E-state index in [1.165, 1.54) is 22.4 Å². The van der Waals surface area contributed by atoms with Crippen molar-refractivity contribution in [3.05, 3.63) is 77.9 Å². The summed E-state index contributed by atoms with van der Waals surface area (Å²) in [6.45, 7) is 2.59. The molecule has 2 aliphatic heterocycles. The third kappa shape index (κ3) is 4.51. The van der Waals surface area contributed by atoms with Crippen molar-refractivity contribution in [2.45, 2.75) is 43.9 Å². The molecule has 0 radical (unpaired) electrons. The van der Waals surface area contributed by atoms with Gasteiger partial charge in [0, 0.05) is 44.1 Å². The average molecular weight is 447 g/mol. The first-order chi connectivity index (χ1) is 16.2. The Morgan fingerprint density at radius 2 is 1.94 bits per heavy atom. The summed E-state index contributed by atoms with van der Waals surface area (Å²) in [5, 5.41) is 2.45.